The van der Waals surface area contributed by atoms with Crippen molar-refractivity contribution in [3.63, 3.8) is 0 Å². The van der Waals surface area contributed by atoms with E-state index in [1.54, 1.807) is 12.1 Å². The van der Waals surface area contributed by atoms with Crippen LogP contribution < -0.4 is 10.2 Å². The molecule has 0 aromatic heterocycles. The minimum atomic E-state index is -0.520. The van der Waals surface area contributed by atoms with E-state index in [-0.39, 0.29) is 11.7 Å². The van der Waals surface area contributed by atoms with E-state index in [9.17, 15) is 9.59 Å². The Balaban J connectivity index is 2.46. The highest BCUT2D eigenvalue weighted by Crippen LogP contribution is 2.16. The van der Waals surface area contributed by atoms with Crippen LogP contribution in [-0.2, 0) is 9.59 Å². The molecule has 6 nitrogen and oxygen atoms in total. The molecule has 0 atom stereocenters. The maximum Gasteiger partial charge on any atom is 0.253 e. The fourth-order valence-corrected chi connectivity index (χ4v) is 1.74. The molecule has 0 aliphatic heterocycles. The van der Waals surface area contributed by atoms with Crippen molar-refractivity contribution < 1.29 is 14.8 Å². The number of rotatable bonds is 5. The van der Waals surface area contributed by atoms with Crippen LogP contribution in [0.1, 0.15) is 6.92 Å². The van der Waals surface area contributed by atoms with Crippen molar-refractivity contribution in [1.29, 1.82) is 0 Å². The number of nitrogens with zero attached hydrogens (tertiary/aromatic N) is 2. The molecule has 0 aliphatic carbocycles. The van der Waals surface area contributed by atoms with Gasteiger partial charge in [-0.25, -0.2) is 0 Å². The van der Waals surface area contributed by atoms with Crippen LogP contribution in [0.5, 0.6) is 0 Å². The first-order valence-electron chi connectivity index (χ1n) is 5.60. The fraction of sp³-hybridized carbons (Fsp3) is 0.333. The molecule has 0 unspecified atom stereocenters. The molecule has 1 aromatic carbocycles. The number of nitrogens with one attached hydrogen (secondary N) is 1. The average Bonchev–Trinajstić information content (AvgIpc) is 2.36. The lowest BCUT2D eigenvalue weighted by atomic mass is 10.2. The highest BCUT2D eigenvalue weighted by molar-refractivity contribution is 7.98. The van der Waals surface area contributed by atoms with Gasteiger partial charge in [0.25, 0.3) is 5.91 Å². The Morgan fingerprint density at radius 3 is 2.32 bits per heavy atom. The van der Waals surface area contributed by atoms with Crippen molar-refractivity contribution in [2.75, 3.05) is 30.1 Å². The minimum absolute atomic E-state index is 0.0362. The van der Waals surface area contributed by atoms with E-state index in [1.807, 2.05) is 31.1 Å². The Labute approximate surface area is 116 Å². The average molecular weight is 283 g/mol. The van der Waals surface area contributed by atoms with Gasteiger partial charge in [0.2, 0.25) is 5.91 Å². The quantitative estimate of drug-likeness (QED) is 0.487. The highest BCUT2D eigenvalue weighted by Gasteiger charge is 2.09. The largest absolute Gasteiger partial charge is 0.378 e. The van der Waals surface area contributed by atoms with Gasteiger partial charge in [-0.05, 0) is 36.2 Å². The molecule has 0 bridgehead atoms. The molecule has 0 spiro atoms. The molecule has 0 saturated carbocycles. The van der Waals surface area contributed by atoms with Crippen molar-refractivity contribution in [1.82, 2.24) is 4.47 Å². The first-order chi connectivity index (χ1) is 8.90. The molecular formula is C12H17N3O3S. The van der Waals surface area contributed by atoms with E-state index in [0.717, 1.165) is 17.6 Å². The van der Waals surface area contributed by atoms with E-state index in [1.165, 1.54) is 6.92 Å². The molecule has 0 saturated heterocycles. The maximum atomic E-state index is 11.6. The molecule has 1 rings (SSSR count). The summed E-state index contributed by atoms with van der Waals surface area (Å²) in [5, 5.41) is 11.8. The summed E-state index contributed by atoms with van der Waals surface area (Å²) in [6.45, 7) is 1.21. The molecule has 104 valence electrons. The molecule has 0 aliphatic rings. The topological polar surface area (TPSA) is 72.9 Å². The lowest BCUT2D eigenvalue weighted by molar-refractivity contribution is -0.141. The minimum Gasteiger partial charge on any atom is -0.378 e. The number of carbonyl (C=O) groups is 2. The van der Waals surface area contributed by atoms with Crippen LogP contribution in [0, 0.1) is 0 Å². The summed E-state index contributed by atoms with van der Waals surface area (Å²) in [5.41, 5.74) is 1.70. The van der Waals surface area contributed by atoms with Gasteiger partial charge in [-0.2, -0.15) is 4.47 Å². The van der Waals surface area contributed by atoms with Crippen LogP contribution in [0.4, 0.5) is 11.4 Å². The number of benzene rings is 1. The highest BCUT2D eigenvalue weighted by atomic mass is 32.2. The van der Waals surface area contributed by atoms with Crippen LogP contribution in [0.15, 0.2) is 24.3 Å². The third kappa shape index (κ3) is 5.19. The van der Waals surface area contributed by atoms with E-state index in [4.69, 9.17) is 5.21 Å². The number of hydroxylamine groups is 1. The van der Waals surface area contributed by atoms with Gasteiger partial charge in [-0.1, -0.05) is 0 Å². The van der Waals surface area contributed by atoms with Gasteiger partial charge in [-0.3, -0.25) is 14.8 Å². The molecule has 0 fully saturated rings. The second-order valence-electron chi connectivity index (χ2n) is 4.05. The van der Waals surface area contributed by atoms with Gasteiger partial charge in [0, 0.05) is 32.4 Å². The van der Waals surface area contributed by atoms with Gasteiger partial charge in [0.05, 0.1) is 5.75 Å². The Morgan fingerprint density at radius 1 is 1.26 bits per heavy atom. The third-order valence-electron chi connectivity index (χ3n) is 2.25. The lowest BCUT2D eigenvalue weighted by Gasteiger charge is -2.13. The summed E-state index contributed by atoms with van der Waals surface area (Å²) < 4.78 is 0.439. The van der Waals surface area contributed by atoms with Crippen molar-refractivity contribution >= 4 is 35.1 Å². The third-order valence-corrected chi connectivity index (χ3v) is 3.15. The zero-order valence-corrected chi connectivity index (χ0v) is 11.9. The van der Waals surface area contributed by atoms with Crippen LogP contribution in [0.3, 0.4) is 0 Å². The Morgan fingerprint density at radius 2 is 1.84 bits per heavy atom. The Bertz CT molecular complexity index is 448. The van der Waals surface area contributed by atoms with Crippen molar-refractivity contribution in [2.24, 2.45) is 0 Å². The summed E-state index contributed by atoms with van der Waals surface area (Å²) in [5.74, 6) is -0.845. The molecule has 0 heterocycles. The van der Waals surface area contributed by atoms with Crippen molar-refractivity contribution in [2.45, 2.75) is 6.92 Å². The van der Waals surface area contributed by atoms with Crippen LogP contribution in [0.25, 0.3) is 0 Å². The predicted octanol–water partition coefficient (Wildman–Crippen LogP) is 1.58. The van der Waals surface area contributed by atoms with Gasteiger partial charge in [0.15, 0.2) is 0 Å². The molecule has 2 amide bonds. The normalized spacial score (nSPS) is 9.89. The van der Waals surface area contributed by atoms with Crippen molar-refractivity contribution in [3.8, 4) is 0 Å². The number of amides is 2. The number of carbonyl (C=O) groups excluding carboxylic acids is 2. The summed E-state index contributed by atoms with van der Waals surface area (Å²) in [4.78, 5) is 24.3. The molecule has 2 N–H and O–H groups in total. The molecule has 1 aromatic rings. The molecular weight excluding hydrogens is 266 g/mol. The van der Waals surface area contributed by atoms with E-state index in [0.29, 0.717) is 10.2 Å². The van der Waals surface area contributed by atoms with Crippen LogP contribution in [-0.4, -0.2) is 41.3 Å². The SMILES string of the molecule is CC(=O)N(O)SCC(=O)Nc1ccc(N(C)C)cc1. The molecule has 19 heavy (non-hydrogen) atoms. The van der Waals surface area contributed by atoms with Crippen LogP contribution >= 0.6 is 11.9 Å². The van der Waals surface area contributed by atoms with Gasteiger partial charge < -0.3 is 10.2 Å². The Hall–Kier alpha value is -1.73. The van der Waals surface area contributed by atoms with Crippen LogP contribution in [0.2, 0.25) is 0 Å². The summed E-state index contributed by atoms with van der Waals surface area (Å²) in [6, 6.07) is 7.35. The first-order valence-corrected chi connectivity index (χ1v) is 6.54. The zero-order valence-electron chi connectivity index (χ0n) is 11.1. The van der Waals surface area contributed by atoms with E-state index in [2.05, 4.69) is 5.32 Å². The van der Waals surface area contributed by atoms with Gasteiger partial charge >= 0.3 is 0 Å². The standard InChI is InChI=1S/C12H17N3O3S/c1-9(16)15(18)19-8-12(17)13-10-4-6-11(7-5-10)14(2)3/h4-7,18H,8H2,1-3H3,(H,13,17). The molecule has 0 radical (unpaired) electrons. The first kappa shape index (κ1) is 15.3. The second-order valence-corrected chi connectivity index (χ2v) is 4.95. The van der Waals surface area contributed by atoms with E-state index < -0.39 is 5.91 Å². The fourth-order valence-electron chi connectivity index (χ4n) is 1.25. The van der Waals surface area contributed by atoms with Gasteiger partial charge in [0.1, 0.15) is 0 Å². The number of hydrogen-bond donors (Lipinski definition) is 2. The second kappa shape index (κ2) is 7.01. The number of anilines is 2. The maximum absolute atomic E-state index is 11.6. The lowest BCUT2D eigenvalue weighted by Crippen LogP contribution is -2.22. The summed E-state index contributed by atoms with van der Waals surface area (Å²) in [7, 11) is 3.86. The predicted molar refractivity (Wildman–Crippen MR) is 76.2 cm³/mol. The zero-order chi connectivity index (χ0) is 14.4. The van der Waals surface area contributed by atoms with Gasteiger partial charge in [-0.15, -0.1) is 0 Å². The number of hydrogen-bond acceptors (Lipinski definition) is 5. The van der Waals surface area contributed by atoms with Crippen molar-refractivity contribution in [3.05, 3.63) is 24.3 Å². The monoisotopic (exact) mass is 283 g/mol. The Kier molecular flexibility index (Phi) is 5.65. The summed E-state index contributed by atoms with van der Waals surface area (Å²) in [6.07, 6.45) is 0. The van der Waals surface area contributed by atoms with E-state index >= 15 is 0 Å². The smallest absolute Gasteiger partial charge is 0.253 e. The molecule has 7 heteroatoms. The summed E-state index contributed by atoms with van der Waals surface area (Å²) >= 11 is 0.739.